The molecular weight excluding hydrogens is 349 g/mol. The number of hydrogen-bond donors (Lipinski definition) is 1. The van der Waals surface area contributed by atoms with Crippen LogP contribution in [0, 0.1) is 5.82 Å². The maximum absolute atomic E-state index is 13.2. The highest BCUT2D eigenvalue weighted by atomic mass is 79.9. The van der Waals surface area contributed by atoms with Gasteiger partial charge in [0.15, 0.2) is 0 Å². The molecule has 1 heterocycles. The second-order valence-electron chi connectivity index (χ2n) is 4.19. The lowest BCUT2D eigenvalue weighted by atomic mass is 10.1. The largest absolute Gasteiger partial charge is 0.306 e. The first-order valence-electron chi connectivity index (χ1n) is 6.05. The summed E-state index contributed by atoms with van der Waals surface area (Å²) < 4.78 is 14.7. The highest BCUT2D eigenvalue weighted by Gasteiger charge is 2.18. The van der Waals surface area contributed by atoms with Crippen LogP contribution < -0.4 is 5.32 Å². The van der Waals surface area contributed by atoms with Gasteiger partial charge in [0.1, 0.15) is 5.82 Å². The fourth-order valence-corrected chi connectivity index (χ4v) is 3.61. The van der Waals surface area contributed by atoms with Crippen molar-refractivity contribution in [1.29, 1.82) is 0 Å². The van der Waals surface area contributed by atoms with Gasteiger partial charge in [0.2, 0.25) is 0 Å². The van der Waals surface area contributed by atoms with Crippen LogP contribution in [0.25, 0.3) is 0 Å². The van der Waals surface area contributed by atoms with Crippen LogP contribution in [0.2, 0.25) is 4.34 Å². The molecule has 1 unspecified atom stereocenters. The number of rotatable bonds is 5. The summed E-state index contributed by atoms with van der Waals surface area (Å²) in [7, 11) is 0. The van der Waals surface area contributed by atoms with Gasteiger partial charge in [0.05, 0.1) is 10.4 Å². The van der Waals surface area contributed by atoms with Crippen molar-refractivity contribution < 1.29 is 4.39 Å². The topological polar surface area (TPSA) is 12.0 Å². The first kappa shape index (κ1) is 15.0. The Hall–Kier alpha value is -0.420. The van der Waals surface area contributed by atoms with Crippen LogP contribution in [0.15, 0.2) is 34.8 Å². The van der Waals surface area contributed by atoms with Crippen LogP contribution in [-0.4, -0.2) is 6.54 Å². The van der Waals surface area contributed by atoms with Gasteiger partial charge in [-0.3, -0.25) is 0 Å². The Morgan fingerprint density at radius 1 is 1.37 bits per heavy atom. The van der Waals surface area contributed by atoms with E-state index in [9.17, 15) is 4.39 Å². The van der Waals surface area contributed by atoms with E-state index in [-0.39, 0.29) is 11.9 Å². The Bertz CT molecular complexity index is 558. The highest BCUT2D eigenvalue weighted by molar-refractivity contribution is 9.10. The van der Waals surface area contributed by atoms with Gasteiger partial charge in [-0.05, 0) is 42.8 Å². The summed E-state index contributed by atoms with van der Waals surface area (Å²) in [5.74, 6) is -0.242. The van der Waals surface area contributed by atoms with E-state index in [1.54, 1.807) is 17.4 Å². The van der Waals surface area contributed by atoms with Crippen molar-refractivity contribution >= 4 is 38.9 Å². The first-order valence-corrected chi connectivity index (χ1v) is 8.04. The quantitative estimate of drug-likeness (QED) is 0.751. The smallest absolute Gasteiger partial charge is 0.124 e. The molecule has 0 amide bonds. The predicted octanol–water partition coefficient (Wildman–Crippen LogP) is 5.39. The molecule has 0 aliphatic rings. The number of nitrogens with one attached hydrogen (secondary N) is 1. The van der Waals surface area contributed by atoms with Crippen LogP contribution >= 0.6 is 38.9 Å². The van der Waals surface area contributed by atoms with Gasteiger partial charge in [0.25, 0.3) is 0 Å². The molecule has 1 nitrogen and oxygen atoms in total. The standard InChI is InChI=1S/C14H14BrClFNS/c1-2-7-18-14(12-5-6-13(16)19-12)10-4-3-9(17)8-11(10)15/h3-6,8,14,18H,2,7H2,1H3. The lowest BCUT2D eigenvalue weighted by Crippen LogP contribution is -2.22. The average molecular weight is 363 g/mol. The van der Waals surface area contributed by atoms with Gasteiger partial charge in [-0.15, -0.1) is 11.3 Å². The third-order valence-corrected chi connectivity index (χ3v) is 4.73. The molecule has 1 atom stereocenters. The van der Waals surface area contributed by atoms with Crippen LogP contribution in [0.3, 0.4) is 0 Å². The number of halogens is 3. The fourth-order valence-electron chi connectivity index (χ4n) is 1.87. The van der Waals surface area contributed by atoms with Crippen molar-refractivity contribution in [3.63, 3.8) is 0 Å². The second-order valence-corrected chi connectivity index (χ2v) is 6.80. The molecule has 0 fully saturated rings. The van der Waals surface area contributed by atoms with E-state index in [4.69, 9.17) is 11.6 Å². The zero-order chi connectivity index (χ0) is 13.8. The van der Waals surface area contributed by atoms with Crippen molar-refractivity contribution in [2.75, 3.05) is 6.54 Å². The summed E-state index contributed by atoms with van der Waals surface area (Å²) in [6.07, 6.45) is 1.04. The Labute approximate surface area is 129 Å². The SMILES string of the molecule is CCCNC(c1ccc(Cl)s1)c1ccc(F)cc1Br. The number of benzene rings is 1. The molecule has 0 radical (unpaired) electrons. The van der Waals surface area contributed by atoms with Gasteiger partial charge >= 0.3 is 0 Å². The lowest BCUT2D eigenvalue weighted by Gasteiger charge is -2.19. The monoisotopic (exact) mass is 361 g/mol. The maximum atomic E-state index is 13.2. The maximum Gasteiger partial charge on any atom is 0.124 e. The minimum atomic E-state index is -0.242. The van der Waals surface area contributed by atoms with Crippen LogP contribution in [0.5, 0.6) is 0 Å². The van der Waals surface area contributed by atoms with Crippen molar-refractivity contribution in [3.8, 4) is 0 Å². The molecule has 0 aliphatic heterocycles. The van der Waals surface area contributed by atoms with Crippen molar-refractivity contribution in [3.05, 3.63) is 55.4 Å². The molecule has 2 rings (SSSR count). The van der Waals surface area contributed by atoms with Gasteiger partial charge in [0, 0.05) is 9.35 Å². The van der Waals surface area contributed by atoms with Crippen molar-refractivity contribution in [1.82, 2.24) is 5.32 Å². The van der Waals surface area contributed by atoms with Gasteiger partial charge in [-0.1, -0.05) is 40.5 Å². The number of thiophene rings is 1. The Morgan fingerprint density at radius 3 is 2.74 bits per heavy atom. The van der Waals surface area contributed by atoms with E-state index in [0.717, 1.165) is 32.2 Å². The summed E-state index contributed by atoms with van der Waals surface area (Å²) in [6, 6.07) is 8.71. The van der Waals surface area contributed by atoms with Gasteiger partial charge in [-0.25, -0.2) is 4.39 Å². The molecular formula is C14H14BrClFNS. The summed E-state index contributed by atoms with van der Waals surface area (Å²) >= 11 is 11.0. The van der Waals surface area contributed by atoms with Crippen LogP contribution in [-0.2, 0) is 0 Å². The Balaban J connectivity index is 2.36. The molecule has 0 spiro atoms. The fraction of sp³-hybridized carbons (Fsp3) is 0.286. The molecule has 0 bridgehead atoms. The zero-order valence-corrected chi connectivity index (χ0v) is 13.6. The third-order valence-electron chi connectivity index (χ3n) is 2.75. The van der Waals surface area contributed by atoms with E-state index in [2.05, 4.69) is 28.2 Å². The Kier molecular flexibility index (Phi) is 5.39. The predicted molar refractivity (Wildman–Crippen MR) is 83.6 cm³/mol. The van der Waals surface area contributed by atoms with Crippen molar-refractivity contribution in [2.24, 2.45) is 0 Å². The molecule has 102 valence electrons. The second kappa shape index (κ2) is 6.84. The average Bonchev–Trinajstić information content (AvgIpc) is 2.78. The summed E-state index contributed by atoms with van der Waals surface area (Å²) in [5, 5.41) is 3.47. The molecule has 19 heavy (non-hydrogen) atoms. The molecule has 0 aliphatic carbocycles. The molecule has 0 saturated heterocycles. The third kappa shape index (κ3) is 3.78. The summed E-state index contributed by atoms with van der Waals surface area (Å²) in [6.45, 7) is 3.01. The summed E-state index contributed by atoms with van der Waals surface area (Å²) in [5.41, 5.74) is 1.02. The van der Waals surface area contributed by atoms with E-state index in [1.165, 1.54) is 12.1 Å². The summed E-state index contributed by atoms with van der Waals surface area (Å²) in [4.78, 5) is 1.13. The molecule has 1 aromatic carbocycles. The lowest BCUT2D eigenvalue weighted by molar-refractivity contribution is 0.596. The number of hydrogen-bond acceptors (Lipinski definition) is 2. The Morgan fingerprint density at radius 2 is 2.16 bits per heavy atom. The van der Waals surface area contributed by atoms with E-state index < -0.39 is 0 Å². The van der Waals surface area contributed by atoms with Gasteiger partial charge in [-0.2, -0.15) is 0 Å². The molecule has 0 saturated carbocycles. The minimum absolute atomic E-state index is 0.0347. The normalized spacial score (nSPS) is 12.6. The molecule has 1 aromatic heterocycles. The van der Waals surface area contributed by atoms with E-state index in [1.807, 2.05) is 12.1 Å². The highest BCUT2D eigenvalue weighted by Crippen LogP contribution is 2.34. The van der Waals surface area contributed by atoms with E-state index in [0.29, 0.717) is 0 Å². The molecule has 2 aromatic rings. The van der Waals surface area contributed by atoms with Crippen LogP contribution in [0.1, 0.15) is 29.8 Å². The zero-order valence-electron chi connectivity index (χ0n) is 10.4. The molecule has 5 heteroatoms. The van der Waals surface area contributed by atoms with Crippen LogP contribution in [0.4, 0.5) is 4.39 Å². The van der Waals surface area contributed by atoms with E-state index >= 15 is 0 Å². The molecule has 1 N–H and O–H groups in total. The minimum Gasteiger partial charge on any atom is -0.306 e. The first-order chi connectivity index (χ1) is 9.11. The van der Waals surface area contributed by atoms with Crippen molar-refractivity contribution in [2.45, 2.75) is 19.4 Å². The van der Waals surface area contributed by atoms with Gasteiger partial charge < -0.3 is 5.32 Å².